The number of nitrogens with zero attached hydrogens (tertiary/aromatic N) is 1. The average Bonchev–Trinajstić information content (AvgIpc) is 3.24. The number of carbonyl (C=O) groups is 2. The fourth-order valence-electron chi connectivity index (χ4n) is 5.12. The molecule has 6 heteroatoms. The number of amides is 2. The summed E-state index contributed by atoms with van der Waals surface area (Å²) in [7, 11) is 0. The summed E-state index contributed by atoms with van der Waals surface area (Å²) in [6.45, 7) is 2.87. The number of anilines is 1. The van der Waals surface area contributed by atoms with Crippen molar-refractivity contribution < 1.29 is 14.3 Å². The summed E-state index contributed by atoms with van der Waals surface area (Å²) in [5, 5.41) is 3.09. The van der Waals surface area contributed by atoms with E-state index in [-0.39, 0.29) is 24.5 Å². The maximum absolute atomic E-state index is 13.5. The van der Waals surface area contributed by atoms with Crippen LogP contribution in [0, 0.1) is 0 Å². The average molecular weight is 475 g/mol. The van der Waals surface area contributed by atoms with Crippen molar-refractivity contribution in [2.75, 3.05) is 18.5 Å². The molecule has 1 N–H and O–H groups in total. The largest absolute Gasteiger partial charge is 0.466 e. The monoisotopic (exact) mass is 474 g/mol. The number of fused-ring (bicyclic) bond motifs is 3. The molecular weight excluding hydrogens is 444 g/mol. The van der Waals surface area contributed by atoms with Gasteiger partial charge in [0.25, 0.3) is 0 Å². The minimum atomic E-state index is -0.243. The Morgan fingerprint density at radius 1 is 1.00 bits per heavy atom. The summed E-state index contributed by atoms with van der Waals surface area (Å²) < 4.78 is 5.02. The van der Waals surface area contributed by atoms with Gasteiger partial charge in [-0.15, -0.1) is 11.3 Å². The number of urea groups is 1. The zero-order chi connectivity index (χ0) is 23.5. The van der Waals surface area contributed by atoms with E-state index in [0.717, 1.165) is 23.2 Å². The molecule has 1 aromatic heterocycles. The highest BCUT2D eigenvalue weighted by Crippen LogP contribution is 2.45. The van der Waals surface area contributed by atoms with Gasteiger partial charge in [-0.05, 0) is 73.4 Å². The van der Waals surface area contributed by atoms with Crippen LogP contribution in [0.4, 0.5) is 10.5 Å². The topological polar surface area (TPSA) is 58.6 Å². The van der Waals surface area contributed by atoms with Crippen molar-refractivity contribution in [1.82, 2.24) is 4.90 Å². The predicted octanol–water partition coefficient (Wildman–Crippen LogP) is 5.91. The maximum Gasteiger partial charge on any atom is 0.322 e. The third-order valence-corrected chi connectivity index (χ3v) is 8.10. The second-order valence-electron chi connectivity index (χ2n) is 8.92. The van der Waals surface area contributed by atoms with E-state index in [1.165, 1.54) is 41.0 Å². The maximum atomic E-state index is 13.5. The highest BCUT2D eigenvalue weighted by atomic mass is 32.1. The van der Waals surface area contributed by atoms with Crippen LogP contribution in [0.25, 0.3) is 0 Å². The quantitative estimate of drug-likeness (QED) is 0.468. The molecule has 0 saturated heterocycles. The Morgan fingerprint density at radius 3 is 2.53 bits per heavy atom. The first-order valence-corrected chi connectivity index (χ1v) is 13.0. The van der Waals surface area contributed by atoms with Crippen LogP contribution in [0.2, 0.25) is 0 Å². The van der Waals surface area contributed by atoms with Crippen molar-refractivity contribution in [3.05, 3.63) is 86.6 Å². The van der Waals surface area contributed by atoms with Crippen LogP contribution in [0.1, 0.15) is 57.8 Å². The summed E-state index contributed by atoms with van der Waals surface area (Å²) in [6, 6.07) is 17.6. The molecule has 176 valence electrons. The van der Waals surface area contributed by atoms with Gasteiger partial charge in [0.15, 0.2) is 0 Å². The second kappa shape index (κ2) is 10.0. The summed E-state index contributed by atoms with van der Waals surface area (Å²) in [4.78, 5) is 30.1. The van der Waals surface area contributed by atoms with Crippen molar-refractivity contribution in [3.8, 4) is 0 Å². The van der Waals surface area contributed by atoms with Crippen LogP contribution >= 0.6 is 11.3 Å². The number of aryl methyl sites for hydroxylation is 1. The van der Waals surface area contributed by atoms with E-state index in [1.54, 1.807) is 12.5 Å². The van der Waals surface area contributed by atoms with E-state index in [9.17, 15) is 9.59 Å². The summed E-state index contributed by atoms with van der Waals surface area (Å²) >= 11 is 1.91. The molecule has 1 aliphatic carbocycles. The Morgan fingerprint density at radius 2 is 1.76 bits per heavy atom. The van der Waals surface area contributed by atoms with Gasteiger partial charge >= 0.3 is 12.0 Å². The van der Waals surface area contributed by atoms with Gasteiger partial charge < -0.3 is 15.0 Å². The second-order valence-corrected chi connectivity index (χ2v) is 10.1. The minimum absolute atomic E-state index is 0.0661. The Hall–Kier alpha value is -3.12. The lowest BCUT2D eigenvalue weighted by Gasteiger charge is -2.36. The van der Waals surface area contributed by atoms with Crippen molar-refractivity contribution in [2.24, 2.45) is 0 Å². The first kappa shape index (κ1) is 22.7. The lowest BCUT2D eigenvalue weighted by Crippen LogP contribution is -2.42. The highest BCUT2D eigenvalue weighted by Gasteiger charge is 2.36. The van der Waals surface area contributed by atoms with Crippen molar-refractivity contribution >= 4 is 29.0 Å². The number of rotatable bonds is 5. The third-order valence-electron chi connectivity index (χ3n) is 6.71. The SMILES string of the molecule is CCOC(=O)Cc1ccc(NC(=O)N2CCc3c(sc4c3CCCC4)C2c2ccccc2)cc1. The molecule has 2 heterocycles. The Bertz CT molecular complexity index is 1170. The van der Waals surface area contributed by atoms with E-state index in [0.29, 0.717) is 13.2 Å². The Balaban J connectivity index is 1.38. The van der Waals surface area contributed by atoms with Gasteiger partial charge in [-0.1, -0.05) is 42.5 Å². The first-order chi connectivity index (χ1) is 16.6. The zero-order valence-corrected chi connectivity index (χ0v) is 20.3. The number of nitrogens with one attached hydrogen (secondary N) is 1. The van der Waals surface area contributed by atoms with Crippen LogP contribution < -0.4 is 5.32 Å². The van der Waals surface area contributed by atoms with Crippen molar-refractivity contribution in [3.63, 3.8) is 0 Å². The lowest BCUT2D eigenvalue weighted by molar-refractivity contribution is -0.142. The smallest absolute Gasteiger partial charge is 0.322 e. The third kappa shape index (κ3) is 4.60. The molecule has 2 aromatic carbocycles. The fourth-order valence-corrected chi connectivity index (χ4v) is 6.70. The van der Waals surface area contributed by atoms with Gasteiger partial charge in [0.05, 0.1) is 19.1 Å². The van der Waals surface area contributed by atoms with Crippen LogP contribution in [0.5, 0.6) is 0 Å². The van der Waals surface area contributed by atoms with Crippen LogP contribution in [0.15, 0.2) is 54.6 Å². The van der Waals surface area contributed by atoms with E-state index in [2.05, 4.69) is 29.6 Å². The molecule has 34 heavy (non-hydrogen) atoms. The van der Waals surface area contributed by atoms with E-state index >= 15 is 0 Å². The van der Waals surface area contributed by atoms with Gasteiger partial charge in [-0.2, -0.15) is 0 Å². The number of benzene rings is 2. The van der Waals surface area contributed by atoms with Gasteiger partial charge in [0, 0.05) is 22.0 Å². The number of carbonyl (C=O) groups excluding carboxylic acids is 2. The molecule has 1 atom stereocenters. The molecule has 0 saturated carbocycles. The minimum Gasteiger partial charge on any atom is -0.466 e. The molecule has 2 amide bonds. The molecule has 1 aliphatic heterocycles. The van der Waals surface area contributed by atoms with E-state index < -0.39 is 0 Å². The van der Waals surface area contributed by atoms with Gasteiger partial charge in [-0.25, -0.2) is 4.79 Å². The number of hydrogen-bond acceptors (Lipinski definition) is 4. The number of ether oxygens (including phenoxy) is 1. The number of thiophene rings is 1. The summed E-state index contributed by atoms with van der Waals surface area (Å²) in [5.74, 6) is -0.243. The number of esters is 1. The van der Waals surface area contributed by atoms with Gasteiger partial charge in [0.2, 0.25) is 0 Å². The standard InChI is InChI=1S/C28H30N2O3S/c1-2-33-25(31)18-19-12-14-21(15-13-19)29-28(32)30-17-16-23-22-10-6-7-11-24(22)34-27(23)26(30)20-8-4-3-5-9-20/h3-5,8-9,12-15,26H,2,6-7,10-11,16-18H2,1H3,(H,29,32). The Labute approximate surface area is 204 Å². The Kier molecular flexibility index (Phi) is 6.68. The van der Waals surface area contributed by atoms with Crippen molar-refractivity contribution in [2.45, 2.75) is 51.5 Å². The van der Waals surface area contributed by atoms with Crippen LogP contribution in [0.3, 0.4) is 0 Å². The van der Waals surface area contributed by atoms with Crippen LogP contribution in [-0.4, -0.2) is 30.1 Å². The lowest BCUT2D eigenvalue weighted by atomic mass is 9.88. The molecule has 0 fully saturated rings. The molecule has 3 aromatic rings. The molecule has 0 radical (unpaired) electrons. The first-order valence-electron chi connectivity index (χ1n) is 12.1. The number of hydrogen-bond donors (Lipinski definition) is 1. The summed E-state index contributed by atoms with van der Waals surface area (Å²) in [6.07, 6.45) is 6.01. The molecule has 0 bridgehead atoms. The van der Waals surface area contributed by atoms with E-state index in [4.69, 9.17) is 4.74 Å². The van der Waals surface area contributed by atoms with Gasteiger partial charge in [0.1, 0.15) is 0 Å². The normalized spacial score (nSPS) is 17.0. The molecule has 5 nitrogen and oxygen atoms in total. The fraction of sp³-hybridized carbons (Fsp3) is 0.357. The zero-order valence-electron chi connectivity index (χ0n) is 19.5. The van der Waals surface area contributed by atoms with Gasteiger partial charge in [-0.3, -0.25) is 4.79 Å². The molecule has 1 unspecified atom stereocenters. The molecule has 0 spiro atoms. The molecular formula is C28H30N2O3S. The summed E-state index contributed by atoms with van der Waals surface area (Å²) in [5.41, 5.74) is 5.79. The molecule has 2 aliphatic rings. The predicted molar refractivity (Wildman–Crippen MR) is 135 cm³/mol. The molecule has 5 rings (SSSR count). The van der Waals surface area contributed by atoms with E-state index in [1.807, 2.05) is 46.6 Å². The highest BCUT2D eigenvalue weighted by molar-refractivity contribution is 7.12. The van der Waals surface area contributed by atoms with Crippen molar-refractivity contribution in [1.29, 1.82) is 0 Å². The van der Waals surface area contributed by atoms with Crippen LogP contribution in [-0.2, 0) is 35.2 Å².